The van der Waals surface area contributed by atoms with Crippen molar-refractivity contribution in [2.45, 2.75) is 36.1 Å². The molecule has 7 heteroatoms. The lowest BCUT2D eigenvalue weighted by molar-refractivity contribution is 0.0663. The summed E-state index contributed by atoms with van der Waals surface area (Å²) in [5.41, 5.74) is 0. The van der Waals surface area contributed by atoms with Crippen LogP contribution in [0, 0.1) is 0 Å². The Kier molecular flexibility index (Phi) is 4.63. The molecular weight excluding hydrogens is 320 g/mol. The van der Waals surface area contributed by atoms with Crippen LogP contribution in [0.2, 0.25) is 0 Å². The Bertz CT molecular complexity index is 567. The first kappa shape index (κ1) is 15.7. The van der Waals surface area contributed by atoms with Gasteiger partial charge in [0.2, 0.25) is 0 Å². The normalized spacial score (nSPS) is 23.0. The van der Waals surface area contributed by atoms with Crippen LogP contribution in [-0.4, -0.2) is 59.8 Å². The van der Waals surface area contributed by atoms with Gasteiger partial charge in [0.25, 0.3) is 5.91 Å². The van der Waals surface area contributed by atoms with Crippen molar-refractivity contribution in [2.75, 3.05) is 25.9 Å². The van der Waals surface area contributed by atoms with E-state index < -0.39 is 0 Å². The summed E-state index contributed by atoms with van der Waals surface area (Å²) in [6.07, 6.45) is 3.44. The number of thiophene rings is 1. The summed E-state index contributed by atoms with van der Waals surface area (Å²) < 4.78 is 6.35. The number of amides is 2. The summed E-state index contributed by atoms with van der Waals surface area (Å²) in [4.78, 5) is 28.8. The standard InChI is InChI=1S/C15H20N2O3S2/c1-10-9-17(15(19)20-10)11-5-7-16(8-6-11)14(18)12-3-4-13(21-2)22-12/h3-4,10-11H,5-9H2,1-2H3. The molecule has 5 nitrogen and oxygen atoms in total. The summed E-state index contributed by atoms with van der Waals surface area (Å²) in [5.74, 6) is 0.112. The molecule has 2 aliphatic heterocycles. The lowest BCUT2D eigenvalue weighted by Crippen LogP contribution is -2.47. The number of hydrogen-bond acceptors (Lipinski definition) is 5. The zero-order valence-corrected chi connectivity index (χ0v) is 14.4. The van der Waals surface area contributed by atoms with Gasteiger partial charge >= 0.3 is 6.09 Å². The zero-order chi connectivity index (χ0) is 15.7. The number of piperidine rings is 1. The van der Waals surface area contributed by atoms with Gasteiger partial charge in [0, 0.05) is 19.1 Å². The molecule has 2 fully saturated rings. The lowest BCUT2D eigenvalue weighted by atomic mass is 10.0. The second-order valence-corrected chi connectivity index (χ2v) is 7.88. The third-order valence-corrected chi connectivity index (χ3v) is 6.33. The lowest BCUT2D eigenvalue weighted by Gasteiger charge is -2.35. The quantitative estimate of drug-likeness (QED) is 0.794. The van der Waals surface area contributed by atoms with E-state index in [2.05, 4.69) is 0 Å². The van der Waals surface area contributed by atoms with Crippen LogP contribution < -0.4 is 0 Å². The van der Waals surface area contributed by atoms with Crippen molar-refractivity contribution < 1.29 is 14.3 Å². The number of hydrogen-bond donors (Lipinski definition) is 0. The molecule has 22 heavy (non-hydrogen) atoms. The van der Waals surface area contributed by atoms with Gasteiger partial charge < -0.3 is 14.5 Å². The van der Waals surface area contributed by atoms with E-state index in [9.17, 15) is 9.59 Å². The summed E-state index contributed by atoms with van der Waals surface area (Å²) >= 11 is 3.21. The first-order valence-corrected chi connectivity index (χ1v) is 9.53. The molecule has 0 radical (unpaired) electrons. The van der Waals surface area contributed by atoms with Crippen molar-refractivity contribution in [1.29, 1.82) is 0 Å². The maximum Gasteiger partial charge on any atom is 0.410 e. The molecule has 1 aromatic heterocycles. The molecule has 1 unspecified atom stereocenters. The number of carbonyl (C=O) groups is 2. The van der Waals surface area contributed by atoms with E-state index in [0.29, 0.717) is 19.6 Å². The number of thioether (sulfide) groups is 1. The van der Waals surface area contributed by atoms with Crippen LogP contribution in [0.5, 0.6) is 0 Å². The average Bonchev–Trinajstić information content (AvgIpc) is 3.13. The number of rotatable bonds is 3. The smallest absolute Gasteiger partial charge is 0.410 e. The van der Waals surface area contributed by atoms with E-state index in [4.69, 9.17) is 4.74 Å². The second kappa shape index (κ2) is 6.50. The van der Waals surface area contributed by atoms with E-state index in [1.807, 2.05) is 35.1 Å². The van der Waals surface area contributed by atoms with Crippen molar-refractivity contribution in [1.82, 2.24) is 9.80 Å². The largest absolute Gasteiger partial charge is 0.444 e. The van der Waals surface area contributed by atoms with Gasteiger partial charge in [-0.15, -0.1) is 23.1 Å². The highest BCUT2D eigenvalue weighted by atomic mass is 32.2. The molecule has 2 saturated heterocycles. The third kappa shape index (κ3) is 3.10. The predicted molar refractivity (Wildman–Crippen MR) is 87.7 cm³/mol. The van der Waals surface area contributed by atoms with Crippen LogP contribution in [0.3, 0.4) is 0 Å². The van der Waals surface area contributed by atoms with E-state index in [1.54, 1.807) is 23.1 Å². The maximum atomic E-state index is 12.5. The Hall–Kier alpha value is -1.21. The average molecular weight is 340 g/mol. The highest BCUT2D eigenvalue weighted by molar-refractivity contribution is 8.00. The van der Waals surface area contributed by atoms with Crippen molar-refractivity contribution in [3.63, 3.8) is 0 Å². The van der Waals surface area contributed by atoms with Crippen LogP contribution in [0.4, 0.5) is 4.79 Å². The molecule has 0 bridgehead atoms. The number of cyclic esters (lactones) is 1. The first-order valence-electron chi connectivity index (χ1n) is 7.49. The van der Waals surface area contributed by atoms with Gasteiger partial charge in [0.1, 0.15) is 6.10 Å². The van der Waals surface area contributed by atoms with E-state index in [1.165, 1.54) is 0 Å². The summed E-state index contributed by atoms with van der Waals surface area (Å²) in [5, 5.41) is 0. The Morgan fingerprint density at radius 2 is 2.09 bits per heavy atom. The van der Waals surface area contributed by atoms with Gasteiger partial charge in [-0.2, -0.15) is 0 Å². The summed E-state index contributed by atoms with van der Waals surface area (Å²) in [7, 11) is 0. The summed E-state index contributed by atoms with van der Waals surface area (Å²) in [6, 6.07) is 4.10. The molecular formula is C15H20N2O3S2. The van der Waals surface area contributed by atoms with Gasteiger partial charge in [0.05, 0.1) is 15.6 Å². The van der Waals surface area contributed by atoms with Gasteiger partial charge in [-0.05, 0) is 38.2 Å². The highest BCUT2D eigenvalue weighted by Crippen LogP contribution is 2.28. The SMILES string of the molecule is CSc1ccc(C(=O)N2CCC(N3CC(C)OC3=O)CC2)s1. The Labute approximate surface area is 138 Å². The molecule has 0 spiro atoms. The van der Waals surface area contributed by atoms with Gasteiger partial charge in [-0.1, -0.05) is 0 Å². The van der Waals surface area contributed by atoms with Crippen molar-refractivity contribution in [2.24, 2.45) is 0 Å². The van der Waals surface area contributed by atoms with E-state index in [0.717, 1.165) is 21.9 Å². The molecule has 1 aromatic rings. The number of carbonyl (C=O) groups excluding carboxylic acids is 2. The van der Waals surface area contributed by atoms with Crippen LogP contribution in [0.25, 0.3) is 0 Å². The fraction of sp³-hybridized carbons (Fsp3) is 0.600. The van der Waals surface area contributed by atoms with E-state index >= 15 is 0 Å². The van der Waals surface area contributed by atoms with Crippen LogP contribution in [0.15, 0.2) is 16.3 Å². The zero-order valence-electron chi connectivity index (χ0n) is 12.8. The minimum absolute atomic E-state index is 0.0248. The van der Waals surface area contributed by atoms with Gasteiger partial charge in [0.15, 0.2) is 0 Å². The minimum atomic E-state index is -0.208. The number of nitrogens with zero attached hydrogens (tertiary/aromatic N) is 2. The van der Waals surface area contributed by atoms with Crippen molar-refractivity contribution >= 4 is 35.1 Å². The van der Waals surface area contributed by atoms with Crippen molar-refractivity contribution in [3.8, 4) is 0 Å². The molecule has 0 saturated carbocycles. The molecule has 0 aromatic carbocycles. The molecule has 120 valence electrons. The molecule has 3 heterocycles. The fourth-order valence-corrected chi connectivity index (χ4v) is 4.52. The number of ether oxygens (including phenoxy) is 1. The third-order valence-electron chi connectivity index (χ3n) is 4.18. The molecule has 2 aliphatic rings. The molecule has 1 atom stereocenters. The van der Waals surface area contributed by atoms with Crippen LogP contribution in [0.1, 0.15) is 29.4 Å². The van der Waals surface area contributed by atoms with Gasteiger partial charge in [-0.25, -0.2) is 4.79 Å². The fourth-order valence-electron chi connectivity index (χ4n) is 3.01. The Morgan fingerprint density at radius 3 is 2.64 bits per heavy atom. The molecule has 2 amide bonds. The van der Waals surface area contributed by atoms with Crippen LogP contribution >= 0.6 is 23.1 Å². The maximum absolute atomic E-state index is 12.5. The monoisotopic (exact) mass is 340 g/mol. The molecule has 0 N–H and O–H groups in total. The predicted octanol–water partition coefficient (Wildman–Crippen LogP) is 2.92. The summed E-state index contributed by atoms with van der Waals surface area (Å²) in [6.45, 7) is 3.98. The van der Waals surface area contributed by atoms with Gasteiger partial charge in [-0.3, -0.25) is 4.79 Å². The topological polar surface area (TPSA) is 49.9 Å². The number of likely N-dealkylation sites (tertiary alicyclic amines) is 1. The Balaban J connectivity index is 1.57. The first-order chi connectivity index (χ1) is 10.6. The highest BCUT2D eigenvalue weighted by Gasteiger charge is 2.36. The van der Waals surface area contributed by atoms with Crippen molar-refractivity contribution in [3.05, 3.63) is 17.0 Å². The van der Waals surface area contributed by atoms with E-state index in [-0.39, 0.29) is 24.1 Å². The minimum Gasteiger partial charge on any atom is -0.444 e. The molecule has 3 rings (SSSR count). The molecule has 0 aliphatic carbocycles. The second-order valence-electron chi connectivity index (χ2n) is 5.69. The van der Waals surface area contributed by atoms with Crippen LogP contribution in [-0.2, 0) is 4.74 Å². The Morgan fingerprint density at radius 1 is 1.36 bits per heavy atom.